The molecule has 1 aliphatic heterocycles. The van der Waals surface area contributed by atoms with Gasteiger partial charge in [0.15, 0.2) is 5.58 Å². The topological polar surface area (TPSA) is 58.5 Å². The number of hydrogen-bond acceptors (Lipinski definition) is 4. The Morgan fingerprint density at radius 3 is 2.83 bits per heavy atom. The van der Waals surface area contributed by atoms with Crippen molar-refractivity contribution in [3.8, 4) is 0 Å². The predicted molar refractivity (Wildman–Crippen MR) is 88.8 cm³/mol. The van der Waals surface area contributed by atoms with Crippen molar-refractivity contribution in [2.45, 2.75) is 19.1 Å². The maximum absolute atomic E-state index is 11.4. The average Bonchev–Trinajstić information content (AvgIpc) is 2.94. The zero-order chi connectivity index (χ0) is 15.8. The van der Waals surface area contributed by atoms with E-state index in [9.17, 15) is 4.79 Å². The molecule has 0 aliphatic carbocycles. The number of benzene rings is 2. The van der Waals surface area contributed by atoms with Gasteiger partial charge in [-0.3, -0.25) is 4.98 Å². The summed E-state index contributed by atoms with van der Waals surface area (Å²) < 4.78 is 11.0. The summed E-state index contributed by atoms with van der Waals surface area (Å²) in [4.78, 5) is 16.4. The fraction of sp³-hybridized carbons (Fsp3) is 0.278. The van der Waals surface area contributed by atoms with E-state index < -0.39 is 5.76 Å². The van der Waals surface area contributed by atoms with Crippen molar-refractivity contribution < 1.29 is 9.15 Å². The summed E-state index contributed by atoms with van der Waals surface area (Å²) in [5.74, 6) is -0.424. The number of ether oxygens (including phenoxy) is 1. The standard InChI is InChI=1S/C18H18N2O3/c1-12-10-20(16(11-22-12)13-5-3-2-4-6-13)14-7-8-17-15(9-14)19-18(21)23-17/h2-9,12,16H,10-11H2,1H3,(H,19,21)/t12-,16+/m1/s1. The zero-order valence-electron chi connectivity index (χ0n) is 12.9. The van der Waals surface area contributed by atoms with E-state index in [1.165, 1.54) is 5.56 Å². The molecule has 1 saturated heterocycles. The van der Waals surface area contributed by atoms with Gasteiger partial charge in [0, 0.05) is 12.2 Å². The number of hydrogen-bond donors (Lipinski definition) is 1. The molecule has 2 aromatic carbocycles. The van der Waals surface area contributed by atoms with Crippen molar-refractivity contribution >= 4 is 16.8 Å². The van der Waals surface area contributed by atoms with Gasteiger partial charge in [-0.1, -0.05) is 30.3 Å². The number of H-pyrrole nitrogens is 1. The second-order valence-electron chi connectivity index (χ2n) is 5.92. The molecule has 0 unspecified atom stereocenters. The van der Waals surface area contributed by atoms with Gasteiger partial charge in [0.25, 0.3) is 0 Å². The number of nitrogens with zero attached hydrogens (tertiary/aromatic N) is 1. The highest BCUT2D eigenvalue weighted by Gasteiger charge is 2.28. The lowest BCUT2D eigenvalue weighted by Crippen LogP contribution is -2.43. The fourth-order valence-electron chi connectivity index (χ4n) is 3.16. The normalized spacial score (nSPS) is 21.7. The molecule has 0 bridgehead atoms. The molecule has 23 heavy (non-hydrogen) atoms. The first-order chi connectivity index (χ1) is 11.2. The summed E-state index contributed by atoms with van der Waals surface area (Å²) in [7, 11) is 0. The molecule has 1 aliphatic rings. The Hall–Kier alpha value is -2.53. The van der Waals surface area contributed by atoms with Gasteiger partial charge in [-0.2, -0.15) is 0 Å². The second-order valence-corrected chi connectivity index (χ2v) is 5.92. The van der Waals surface area contributed by atoms with Gasteiger partial charge < -0.3 is 14.1 Å². The summed E-state index contributed by atoms with van der Waals surface area (Å²) >= 11 is 0. The first kappa shape index (κ1) is 14.1. The van der Waals surface area contributed by atoms with E-state index in [4.69, 9.17) is 9.15 Å². The summed E-state index contributed by atoms with van der Waals surface area (Å²) in [6.45, 7) is 3.52. The molecular formula is C18H18N2O3. The molecule has 5 nitrogen and oxygen atoms in total. The SMILES string of the molecule is C[C@@H]1CN(c2ccc3oc(=O)[nH]c3c2)[C@H](c2ccccc2)CO1. The predicted octanol–water partition coefficient (Wildman–Crippen LogP) is 3.09. The molecule has 4 rings (SSSR count). The van der Waals surface area contributed by atoms with Gasteiger partial charge in [0.2, 0.25) is 0 Å². The van der Waals surface area contributed by atoms with E-state index in [1.807, 2.05) is 36.4 Å². The molecule has 5 heteroatoms. The van der Waals surface area contributed by atoms with Crippen LogP contribution in [0.1, 0.15) is 18.5 Å². The van der Waals surface area contributed by atoms with Crippen LogP contribution >= 0.6 is 0 Å². The number of aromatic amines is 1. The molecule has 0 spiro atoms. The van der Waals surface area contributed by atoms with E-state index in [2.05, 4.69) is 28.9 Å². The maximum atomic E-state index is 11.4. The number of rotatable bonds is 2. The van der Waals surface area contributed by atoms with Gasteiger partial charge in [0.1, 0.15) is 0 Å². The highest BCUT2D eigenvalue weighted by molar-refractivity contribution is 5.77. The molecule has 2 atom stereocenters. The molecule has 1 aromatic heterocycles. The summed E-state index contributed by atoms with van der Waals surface area (Å²) in [6, 6.07) is 16.3. The van der Waals surface area contributed by atoms with Gasteiger partial charge >= 0.3 is 5.76 Å². The monoisotopic (exact) mass is 310 g/mol. The van der Waals surface area contributed by atoms with Crippen molar-refractivity contribution in [2.24, 2.45) is 0 Å². The van der Waals surface area contributed by atoms with Gasteiger partial charge in [-0.25, -0.2) is 4.79 Å². The smallest absolute Gasteiger partial charge is 0.408 e. The van der Waals surface area contributed by atoms with Crippen LogP contribution in [0.5, 0.6) is 0 Å². The minimum Gasteiger partial charge on any atom is -0.408 e. The van der Waals surface area contributed by atoms with Gasteiger partial charge in [-0.15, -0.1) is 0 Å². The van der Waals surface area contributed by atoms with Crippen molar-refractivity contribution in [3.05, 3.63) is 64.6 Å². The van der Waals surface area contributed by atoms with Crippen LogP contribution in [-0.2, 0) is 4.74 Å². The van der Waals surface area contributed by atoms with E-state index >= 15 is 0 Å². The van der Waals surface area contributed by atoms with Crippen molar-refractivity contribution in [1.82, 2.24) is 4.98 Å². The number of aromatic nitrogens is 1. The van der Waals surface area contributed by atoms with Gasteiger partial charge in [0.05, 0.1) is 24.3 Å². The molecule has 3 aromatic rings. The lowest BCUT2D eigenvalue weighted by molar-refractivity contribution is 0.0303. The highest BCUT2D eigenvalue weighted by atomic mass is 16.5. The van der Waals surface area contributed by atoms with E-state index in [-0.39, 0.29) is 12.1 Å². The van der Waals surface area contributed by atoms with Crippen molar-refractivity contribution in [1.29, 1.82) is 0 Å². The number of oxazole rings is 1. The third-order valence-corrected chi connectivity index (χ3v) is 4.29. The molecular weight excluding hydrogens is 292 g/mol. The van der Waals surface area contributed by atoms with Gasteiger partial charge in [-0.05, 0) is 30.7 Å². The number of nitrogens with one attached hydrogen (secondary N) is 1. The van der Waals surface area contributed by atoms with Crippen molar-refractivity contribution in [2.75, 3.05) is 18.1 Å². The van der Waals surface area contributed by atoms with E-state index in [0.717, 1.165) is 17.7 Å². The molecule has 0 saturated carbocycles. The third kappa shape index (κ3) is 2.64. The Kier molecular flexibility index (Phi) is 3.42. The maximum Gasteiger partial charge on any atom is 0.417 e. The largest absolute Gasteiger partial charge is 0.417 e. The minimum absolute atomic E-state index is 0.156. The molecule has 118 valence electrons. The number of morpholine rings is 1. The molecule has 1 N–H and O–H groups in total. The quantitative estimate of drug-likeness (QED) is 0.790. The van der Waals surface area contributed by atoms with Crippen LogP contribution in [0.3, 0.4) is 0 Å². The van der Waals surface area contributed by atoms with Crippen LogP contribution in [0.2, 0.25) is 0 Å². The third-order valence-electron chi connectivity index (χ3n) is 4.29. The Bertz CT molecular complexity index is 869. The Balaban J connectivity index is 1.76. The summed E-state index contributed by atoms with van der Waals surface area (Å²) in [5, 5.41) is 0. The summed E-state index contributed by atoms with van der Waals surface area (Å²) in [6.07, 6.45) is 0.161. The average molecular weight is 310 g/mol. The number of fused-ring (bicyclic) bond motifs is 1. The lowest BCUT2D eigenvalue weighted by Gasteiger charge is -2.40. The lowest BCUT2D eigenvalue weighted by atomic mass is 10.0. The van der Waals surface area contributed by atoms with Crippen molar-refractivity contribution in [3.63, 3.8) is 0 Å². The fourth-order valence-corrected chi connectivity index (χ4v) is 3.16. The molecule has 2 heterocycles. The molecule has 0 amide bonds. The van der Waals surface area contributed by atoms with Crippen LogP contribution in [-0.4, -0.2) is 24.2 Å². The first-order valence-corrected chi connectivity index (χ1v) is 7.77. The first-order valence-electron chi connectivity index (χ1n) is 7.77. The van der Waals surface area contributed by atoms with E-state index in [0.29, 0.717) is 12.2 Å². The Morgan fingerprint density at radius 2 is 2.00 bits per heavy atom. The van der Waals surface area contributed by atoms with Crippen LogP contribution in [0.25, 0.3) is 11.1 Å². The van der Waals surface area contributed by atoms with E-state index in [1.54, 1.807) is 0 Å². The van der Waals surface area contributed by atoms with Crippen LogP contribution in [0, 0.1) is 0 Å². The second kappa shape index (κ2) is 5.59. The highest BCUT2D eigenvalue weighted by Crippen LogP contribution is 2.32. The Labute approximate surface area is 133 Å². The molecule has 0 radical (unpaired) electrons. The zero-order valence-corrected chi connectivity index (χ0v) is 12.9. The van der Waals surface area contributed by atoms with Crippen LogP contribution in [0.4, 0.5) is 5.69 Å². The van der Waals surface area contributed by atoms with Crippen LogP contribution in [0.15, 0.2) is 57.7 Å². The summed E-state index contributed by atoms with van der Waals surface area (Å²) in [5.41, 5.74) is 3.58. The molecule has 1 fully saturated rings. The van der Waals surface area contributed by atoms with Crippen LogP contribution < -0.4 is 10.7 Å². The Morgan fingerprint density at radius 1 is 1.17 bits per heavy atom. The number of anilines is 1. The minimum atomic E-state index is -0.424.